The zero-order valence-corrected chi connectivity index (χ0v) is 10.2. The number of halogens is 2. The third-order valence-electron chi connectivity index (χ3n) is 2.11. The highest BCUT2D eigenvalue weighted by Crippen LogP contribution is 2.29. The minimum absolute atomic E-state index is 0.307. The zero-order chi connectivity index (χ0) is 11.5. The molecule has 1 heterocycles. The molecule has 2 rings (SSSR count). The van der Waals surface area contributed by atoms with E-state index in [1.165, 1.54) is 12.1 Å². The third kappa shape index (κ3) is 2.24. The molecule has 2 aromatic rings. The van der Waals surface area contributed by atoms with Crippen molar-refractivity contribution in [2.75, 3.05) is 0 Å². The summed E-state index contributed by atoms with van der Waals surface area (Å²) in [7, 11) is 0. The molecule has 1 aromatic carbocycles. The number of rotatable bonds is 3. The van der Waals surface area contributed by atoms with Gasteiger partial charge in [-0.05, 0) is 41.1 Å². The smallest absolute Gasteiger partial charge is 0.301 e. The number of benzene rings is 1. The normalized spacial score (nSPS) is 10.4. The Hall–Kier alpha value is -1.36. The van der Waals surface area contributed by atoms with Crippen molar-refractivity contribution in [3.05, 3.63) is 40.9 Å². The number of imidazole rings is 1. The molecule has 84 valence electrons. The number of hydrogen-bond acceptors (Lipinski definition) is 2. The number of aryl methyl sites for hydroxylation is 1. The molecule has 0 fully saturated rings. The van der Waals surface area contributed by atoms with Crippen molar-refractivity contribution in [2.24, 2.45) is 0 Å². The maximum absolute atomic E-state index is 12.9. The monoisotopic (exact) mass is 284 g/mol. The summed E-state index contributed by atoms with van der Waals surface area (Å²) in [4.78, 5) is 4.07. The molecule has 0 amide bonds. The van der Waals surface area contributed by atoms with Gasteiger partial charge in [-0.1, -0.05) is 0 Å². The van der Waals surface area contributed by atoms with Gasteiger partial charge in [-0.2, -0.15) is 0 Å². The summed E-state index contributed by atoms with van der Waals surface area (Å²) in [6.45, 7) is 2.77. The van der Waals surface area contributed by atoms with Gasteiger partial charge in [0.2, 0.25) is 0 Å². The summed E-state index contributed by atoms with van der Waals surface area (Å²) in [6.07, 6.45) is 3.49. The molecule has 3 nitrogen and oxygen atoms in total. The molecule has 0 unspecified atom stereocenters. The first-order chi connectivity index (χ1) is 7.70. The average molecular weight is 285 g/mol. The molecule has 16 heavy (non-hydrogen) atoms. The van der Waals surface area contributed by atoms with Crippen molar-refractivity contribution < 1.29 is 9.13 Å². The Morgan fingerprint density at radius 3 is 3.00 bits per heavy atom. The minimum atomic E-state index is -0.307. The summed E-state index contributed by atoms with van der Waals surface area (Å²) in [6, 6.07) is 4.76. The van der Waals surface area contributed by atoms with Gasteiger partial charge in [-0.3, -0.25) is 0 Å². The van der Waals surface area contributed by atoms with E-state index in [9.17, 15) is 4.39 Å². The molecule has 0 saturated carbocycles. The fourth-order valence-electron chi connectivity index (χ4n) is 1.30. The number of aromatic nitrogens is 2. The van der Waals surface area contributed by atoms with Crippen LogP contribution in [0.2, 0.25) is 0 Å². The van der Waals surface area contributed by atoms with E-state index in [4.69, 9.17) is 4.74 Å². The lowest BCUT2D eigenvalue weighted by molar-refractivity contribution is 0.412. The van der Waals surface area contributed by atoms with E-state index < -0.39 is 0 Å². The highest BCUT2D eigenvalue weighted by atomic mass is 79.9. The Balaban J connectivity index is 2.27. The lowest BCUT2D eigenvalue weighted by Crippen LogP contribution is -1.97. The second-order valence-electron chi connectivity index (χ2n) is 3.17. The molecule has 0 bridgehead atoms. The van der Waals surface area contributed by atoms with Crippen LogP contribution in [-0.2, 0) is 6.54 Å². The van der Waals surface area contributed by atoms with Crippen molar-refractivity contribution >= 4 is 15.9 Å². The van der Waals surface area contributed by atoms with Gasteiger partial charge in [0.15, 0.2) is 0 Å². The summed E-state index contributed by atoms with van der Waals surface area (Å²) >= 11 is 3.24. The predicted octanol–water partition coefficient (Wildman–Crippen LogP) is 3.60. The molecule has 0 aliphatic rings. The molecular weight excluding hydrogens is 275 g/mol. The third-order valence-corrected chi connectivity index (χ3v) is 2.73. The molecule has 0 saturated heterocycles. The summed E-state index contributed by atoms with van der Waals surface area (Å²) < 4.78 is 20.9. The SMILES string of the molecule is CCn1ccnc1Oc1ccc(F)cc1Br. The van der Waals surface area contributed by atoms with E-state index in [-0.39, 0.29) is 5.82 Å². The van der Waals surface area contributed by atoms with Gasteiger partial charge in [0.1, 0.15) is 11.6 Å². The molecule has 0 N–H and O–H groups in total. The Morgan fingerprint density at radius 2 is 2.31 bits per heavy atom. The van der Waals surface area contributed by atoms with Gasteiger partial charge in [0.05, 0.1) is 4.47 Å². The van der Waals surface area contributed by atoms with Crippen LogP contribution in [0.25, 0.3) is 0 Å². The summed E-state index contributed by atoms with van der Waals surface area (Å²) in [5, 5.41) is 0. The summed E-state index contributed by atoms with van der Waals surface area (Å²) in [5.41, 5.74) is 0. The Bertz CT molecular complexity index is 498. The van der Waals surface area contributed by atoms with Crippen LogP contribution in [0.1, 0.15) is 6.92 Å². The summed E-state index contributed by atoms with van der Waals surface area (Å²) in [5.74, 6) is 0.236. The van der Waals surface area contributed by atoms with Gasteiger partial charge in [-0.15, -0.1) is 0 Å². The Kier molecular flexibility index (Phi) is 3.24. The first kappa shape index (κ1) is 11.1. The molecule has 0 spiro atoms. The number of ether oxygens (including phenoxy) is 1. The lowest BCUT2D eigenvalue weighted by atomic mass is 10.3. The zero-order valence-electron chi connectivity index (χ0n) is 8.65. The predicted molar refractivity (Wildman–Crippen MR) is 62.1 cm³/mol. The maximum atomic E-state index is 12.9. The van der Waals surface area contributed by atoms with Crippen LogP contribution in [0.5, 0.6) is 11.8 Å². The fourth-order valence-corrected chi connectivity index (χ4v) is 1.73. The van der Waals surface area contributed by atoms with Crippen LogP contribution >= 0.6 is 15.9 Å². The molecule has 0 radical (unpaired) electrons. The van der Waals surface area contributed by atoms with Crippen molar-refractivity contribution in [1.82, 2.24) is 9.55 Å². The van der Waals surface area contributed by atoms with Crippen molar-refractivity contribution in [1.29, 1.82) is 0 Å². The van der Waals surface area contributed by atoms with Crippen LogP contribution in [-0.4, -0.2) is 9.55 Å². The fraction of sp³-hybridized carbons (Fsp3) is 0.182. The van der Waals surface area contributed by atoms with Crippen LogP contribution in [0.3, 0.4) is 0 Å². The topological polar surface area (TPSA) is 27.1 Å². The van der Waals surface area contributed by atoms with E-state index in [0.717, 1.165) is 6.54 Å². The second-order valence-corrected chi connectivity index (χ2v) is 4.03. The molecule has 0 aliphatic carbocycles. The highest BCUT2D eigenvalue weighted by molar-refractivity contribution is 9.10. The van der Waals surface area contributed by atoms with E-state index in [1.807, 2.05) is 17.7 Å². The quantitative estimate of drug-likeness (QED) is 0.861. The van der Waals surface area contributed by atoms with Gasteiger partial charge in [0.25, 0.3) is 0 Å². The average Bonchev–Trinajstić information content (AvgIpc) is 2.69. The maximum Gasteiger partial charge on any atom is 0.301 e. The standard InChI is InChI=1S/C11H10BrFN2O/c1-2-15-6-5-14-11(15)16-10-4-3-8(13)7-9(10)12/h3-7H,2H2,1H3. The highest BCUT2D eigenvalue weighted by Gasteiger charge is 2.07. The van der Waals surface area contributed by atoms with Gasteiger partial charge < -0.3 is 9.30 Å². The van der Waals surface area contributed by atoms with E-state index >= 15 is 0 Å². The molecular formula is C11H10BrFN2O. The van der Waals surface area contributed by atoms with Crippen LogP contribution in [0, 0.1) is 5.82 Å². The van der Waals surface area contributed by atoms with Gasteiger partial charge in [0, 0.05) is 18.9 Å². The molecule has 0 aliphatic heterocycles. The van der Waals surface area contributed by atoms with Crippen molar-refractivity contribution in [3.8, 4) is 11.8 Å². The lowest BCUT2D eigenvalue weighted by Gasteiger charge is -2.08. The van der Waals surface area contributed by atoms with E-state index in [2.05, 4.69) is 20.9 Å². The number of nitrogens with zero attached hydrogens (tertiary/aromatic N) is 2. The van der Waals surface area contributed by atoms with Crippen LogP contribution < -0.4 is 4.74 Å². The van der Waals surface area contributed by atoms with E-state index in [1.54, 1.807) is 12.3 Å². The molecule has 0 atom stereocenters. The first-order valence-corrected chi connectivity index (χ1v) is 5.64. The molecule has 1 aromatic heterocycles. The van der Waals surface area contributed by atoms with Crippen molar-refractivity contribution in [3.63, 3.8) is 0 Å². The Labute approximate surface area is 101 Å². The van der Waals surface area contributed by atoms with Gasteiger partial charge >= 0.3 is 6.01 Å². The van der Waals surface area contributed by atoms with Crippen LogP contribution in [0.4, 0.5) is 4.39 Å². The van der Waals surface area contributed by atoms with Gasteiger partial charge in [-0.25, -0.2) is 9.37 Å². The first-order valence-electron chi connectivity index (χ1n) is 4.84. The minimum Gasteiger partial charge on any atom is -0.424 e. The Morgan fingerprint density at radius 1 is 1.50 bits per heavy atom. The largest absolute Gasteiger partial charge is 0.424 e. The number of hydrogen-bond donors (Lipinski definition) is 0. The van der Waals surface area contributed by atoms with E-state index in [0.29, 0.717) is 16.2 Å². The molecule has 5 heteroatoms. The van der Waals surface area contributed by atoms with Crippen LogP contribution in [0.15, 0.2) is 35.1 Å². The second kappa shape index (κ2) is 4.65. The van der Waals surface area contributed by atoms with Crippen molar-refractivity contribution in [2.45, 2.75) is 13.5 Å².